The van der Waals surface area contributed by atoms with Crippen molar-refractivity contribution in [3.8, 4) is 11.5 Å². The summed E-state index contributed by atoms with van der Waals surface area (Å²) < 4.78 is 11.0. The van der Waals surface area contributed by atoms with Crippen LogP contribution in [0, 0.1) is 0 Å². The van der Waals surface area contributed by atoms with Gasteiger partial charge in [0.15, 0.2) is 0 Å². The van der Waals surface area contributed by atoms with E-state index in [0.29, 0.717) is 30.0 Å². The van der Waals surface area contributed by atoms with Gasteiger partial charge in [-0.25, -0.2) is 0 Å². The number of ether oxygens (including phenoxy) is 2. The van der Waals surface area contributed by atoms with Crippen molar-refractivity contribution in [3.63, 3.8) is 0 Å². The van der Waals surface area contributed by atoms with E-state index in [9.17, 15) is 9.59 Å². The fraction of sp³-hybridized carbons (Fsp3) is 0.259. The maximum absolute atomic E-state index is 13.1. The molecule has 1 heterocycles. The Bertz CT molecular complexity index is 1140. The van der Waals surface area contributed by atoms with Gasteiger partial charge in [0, 0.05) is 38.3 Å². The summed E-state index contributed by atoms with van der Waals surface area (Å²) in [5.41, 5.74) is 8.46. The Morgan fingerprint density at radius 3 is 2.32 bits per heavy atom. The lowest BCUT2D eigenvalue weighted by Crippen LogP contribution is -2.48. The van der Waals surface area contributed by atoms with E-state index in [0.717, 1.165) is 30.9 Å². The Kier molecular flexibility index (Phi) is 7.44. The van der Waals surface area contributed by atoms with Crippen LogP contribution in [0.4, 0.5) is 0 Å². The van der Waals surface area contributed by atoms with Crippen molar-refractivity contribution >= 4 is 11.8 Å². The molecular formula is C27H29N3O4. The first-order valence-corrected chi connectivity index (χ1v) is 11.3. The summed E-state index contributed by atoms with van der Waals surface area (Å²) in [6.07, 6.45) is 0. The summed E-state index contributed by atoms with van der Waals surface area (Å²) in [7, 11) is 1.66. The topological polar surface area (TPSA) is 85.1 Å². The zero-order chi connectivity index (χ0) is 23.9. The van der Waals surface area contributed by atoms with E-state index in [1.165, 1.54) is 5.56 Å². The predicted molar refractivity (Wildman–Crippen MR) is 130 cm³/mol. The summed E-state index contributed by atoms with van der Waals surface area (Å²) in [6, 6.07) is 22.4. The Morgan fingerprint density at radius 2 is 1.62 bits per heavy atom. The summed E-state index contributed by atoms with van der Waals surface area (Å²) >= 11 is 0. The molecule has 4 rings (SSSR count). The van der Waals surface area contributed by atoms with Crippen LogP contribution in [0.3, 0.4) is 0 Å². The molecule has 0 aromatic heterocycles. The Balaban J connectivity index is 1.32. The molecule has 7 heteroatoms. The van der Waals surface area contributed by atoms with Gasteiger partial charge in [-0.3, -0.25) is 14.5 Å². The van der Waals surface area contributed by atoms with Gasteiger partial charge < -0.3 is 20.1 Å². The van der Waals surface area contributed by atoms with E-state index in [2.05, 4.69) is 17.0 Å². The number of rotatable bonds is 8. The Labute approximate surface area is 199 Å². The Morgan fingerprint density at radius 1 is 0.882 bits per heavy atom. The maximum Gasteiger partial charge on any atom is 0.253 e. The van der Waals surface area contributed by atoms with Gasteiger partial charge in [-0.2, -0.15) is 0 Å². The number of hydrogen-bond acceptors (Lipinski definition) is 5. The molecule has 1 fully saturated rings. The minimum absolute atomic E-state index is 0.0171. The summed E-state index contributed by atoms with van der Waals surface area (Å²) in [6.45, 7) is 4.10. The number of piperazine rings is 1. The molecule has 176 valence electrons. The normalized spacial score (nSPS) is 14.0. The van der Waals surface area contributed by atoms with Gasteiger partial charge in [0.2, 0.25) is 0 Å². The number of primary amides is 1. The van der Waals surface area contributed by atoms with E-state index < -0.39 is 5.91 Å². The van der Waals surface area contributed by atoms with E-state index in [1.54, 1.807) is 31.4 Å². The second-order valence-corrected chi connectivity index (χ2v) is 8.27. The largest absolute Gasteiger partial charge is 0.497 e. The summed E-state index contributed by atoms with van der Waals surface area (Å²) in [5, 5.41) is 0. The summed E-state index contributed by atoms with van der Waals surface area (Å²) in [5.74, 6) is 0.762. The highest BCUT2D eigenvalue weighted by Crippen LogP contribution is 2.20. The molecule has 34 heavy (non-hydrogen) atoms. The third-order valence-electron chi connectivity index (χ3n) is 5.95. The van der Waals surface area contributed by atoms with Crippen LogP contribution in [0.1, 0.15) is 31.8 Å². The number of nitrogens with two attached hydrogens (primary N) is 1. The smallest absolute Gasteiger partial charge is 0.253 e. The second kappa shape index (κ2) is 10.9. The lowest BCUT2D eigenvalue weighted by atomic mass is 10.1. The van der Waals surface area contributed by atoms with Crippen molar-refractivity contribution in [1.29, 1.82) is 0 Å². The number of hydrogen-bond donors (Lipinski definition) is 1. The summed E-state index contributed by atoms with van der Waals surface area (Å²) in [4.78, 5) is 28.9. The van der Waals surface area contributed by atoms with Crippen LogP contribution >= 0.6 is 0 Å². The lowest BCUT2D eigenvalue weighted by Gasteiger charge is -2.34. The number of para-hydroxylation sites is 1. The van der Waals surface area contributed by atoms with Crippen LogP contribution < -0.4 is 15.2 Å². The molecule has 1 saturated heterocycles. The number of carbonyl (C=O) groups is 2. The van der Waals surface area contributed by atoms with Crippen LogP contribution in [-0.2, 0) is 13.2 Å². The highest BCUT2D eigenvalue weighted by Gasteiger charge is 2.22. The molecule has 7 nitrogen and oxygen atoms in total. The zero-order valence-electron chi connectivity index (χ0n) is 19.3. The predicted octanol–water partition coefficient (Wildman–Crippen LogP) is 3.33. The zero-order valence-corrected chi connectivity index (χ0v) is 19.3. The molecule has 0 saturated carbocycles. The molecule has 0 aliphatic carbocycles. The van der Waals surface area contributed by atoms with Gasteiger partial charge in [-0.1, -0.05) is 36.4 Å². The van der Waals surface area contributed by atoms with Crippen molar-refractivity contribution < 1.29 is 19.1 Å². The number of benzene rings is 3. The number of amides is 2. The minimum atomic E-state index is -0.536. The standard InChI is InChI=1S/C27H29N3O4/c1-33-23-11-9-20(10-12-23)18-29-13-15-30(16-14-29)27(32)22-6-4-5-21(17-22)19-34-25-8-3-2-7-24(25)26(28)31/h2-12,17H,13-16,18-19H2,1H3,(H2,28,31). The van der Waals surface area contributed by atoms with Gasteiger partial charge in [0.05, 0.1) is 12.7 Å². The highest BCUT2D eigenvalue weighted by atomic mass is 16.5. The van der Waals surface area contributed by atoms with Gasteiger partial charge in [-0.15, -0.1) is 0 Å². The quantitative estimate of drug-likeness (QED) is 0.559. The van der Waals surface area contributed by atoms with Crippen LogP contribution in [0.5, 0.6) is 11.5 Å². The minimum Gasteiger partial charge on any atom is -0.497 e. The fourth-order valence-corrected chi connectivity index (χ4v) is 4.03. The van der Waals surface area contributed by atoms with Crippen LogP contribution in [0.2, 0.25) is 0 Å². The van der Waals surface area contributed by atoms with Crippen molar-refractivity contribution in [2.75, 3.05) is 33.3 Å². The Hall–Kier alpha value is -3.84. The molecule has 1 aliphatic rings. The molecular weight excluding hydrogens is 430 g/mol. The van der Waals surface area contributed by atoms with Crippen molar-refractivity contribution in [2.45, 2.75) is 13.2 Å². The van der Waals surface area contributed by atoms with Crippen LogP contribution in [0.15, 0.2) is 72.8 Å². The number of carbonyl (C=O) groups excluding carboxylic acids is 2. The van der Waals surface area contributed by atoms with Crippen LogP contribution in [-0.4, -0.2) is 54.9 Å². The monoisotopic (exact) mass is 459 g/mol. The average molecular weight is 460 g/mol. The first kappa shape index (κ1) is 23.3. The van der Waals surface area contributed by atoms with Gasteiger partial charge in [-0.05, 0) is 47.5 Å². The van der Waals surface area contributed by atoms with E-state index >= 15 is 0 Å². The first-order valence-electron chi connectivity index (χ1n) is 11.3. The first-order chi connectivity index (χ1) is 16.5. The molecule has 2 N–H and O–H groups in total. The molecule has 0 spiro atoms. The number of methoxy groups -OCH3 is 1. The van der Waals surface area contributed by atoms with Crippen molar-refractivity contribution in [2.24, 2.45) is 5.73 Å². The average Bonchev–Trinajstić information content (AvgIpc) is 2.88. The highest BCUT2D eigenvalue weighted by molar-refractivity contribution is 5.95. The van der Waals surface area contributed by atoms with Gasteiger partial charge in [0.1, 0.15) is 18.1 Å². The fourth-order valence-electron chi connectivity index (χ4n) is 4.03. The second-order valence-electron chi connectivity index (χ2n) is 8.27. The van der Waals surface area contributed by atoms with E-state index in [4.69, 9.17) is 15.2 Å². The van der Waals surface area contributed by atoms with Gasteiger partial charge >= 0.3 is 0 Å². The molecule has 0 atom stereocenters. The van der Waals surface area contributed by atoms with E-state index in [1.807, 2.05) is 41.3 Å². The number of nitrogens with zero attached hydrogens (tertiary/aromatic N) is 2. The third kappa shape index (κ3) is 5.74. The SMILES string of the molecule is COc1ccc(CN2CCN(C(=O)c3cccc(COc4ccccc4C(N)=O)c3)CC2)cc1. The van der Waals surface area contributed by atoms with Crippen LogP contribution in [0.25, 0.3) is 0 Å². The lowest BCUT2D eigenvalue weighted by molar-refractivity contribution is 0.0628. The molecule has 0 unspecified atom stereocenters. The van der Waals surface area contributed by atoms with E-state index in [-0.39, 0.29) is 12.5 Å². The molecule has 0 bridgehead atoms. The third-order valence-corrected chi connectivity index (χ3v) is 5.95. The van der Waals surface area contributed by atoms with Gasteiger partial charge in [0.25, 0.3) is 11.8 Å². The maximum atomic E-state index is 13.1. The molecule has 3 aromatic carbocycles. The molecule has 3 aromatic rings. The van der Waals surface area contributed by atoms with Crippen molar-refractivity contribution in [1.82, 2.24) is 9.80 Å². The van der Waals surface area contributed by atoms with Crippen molar-refractivity contribution in [3.05, 3.63) is 95.1 Å². The molecule has 1 aliphatic heterocycles. The molecule has 2 amide bonds. The molecule has 0 radical (unpaired) electrons.